The summed E-state index contributed by atoms with van der Waals surface area (Å²) in [4.78, 5) is 14.3. The minimum atomic E-state index is -2.64. The minimum absolute atomic E-state index is 0.205. The largest absolute Gasteiger partial charge is 0.481 e. The first-order valence-electron chi connectivity index (χ1n) is 4.51. The Balaban J connectivity index is 3.22. The molecule has 0 aliphatic rings. The number of hydrogen-bond donors (Lipinski definition) is 1. The molecule has 6 heteroatoms. The highest BCUT2D eigenvalue weighted by atomic mass is 79.9. The van der Waals surface area contributed by atoms with Crippen molar-refractivity contribution in [3.8, 4) is 0 Å². The Morgan fingerprint density at radius 1 is 1.62 bits per heavy atom. The quantitative estimate of drug-likeness (QED) is 0.869. The molecule has 0 saturated heterocycles. The van der Waals surface area contributed by atoms with E-state index in [-0.39, 0.29) is 12.1 Å². The van der Waals surface area contributed by atoms with E-state index in [1.807, 2.05) is 0 Å². The Morgan fingerprint density at radius 2 is 2.25 bits per heavy atom. The van der Waals surface area contributed by atoms with Crippen LogP contribution in [0.1, 0.15) is 28.9 Å². The number of hydrogen-bond acceptors (Lipinski definition) is 2. The van der Waals surface area contributed by atoms with Crippen LogP contribution in [-0.4, -0.2) is 16.1 Å². The first-order valence-corrected chi connectivity index (χ1v) is 5.63. The van der Waals surface area contributed by atoms with E-state index in [2.05, 4.69) is 20.9 Å². The number of pyridine rings is 1. The fourth-order valence-corrected chi connectivity index (χ4v) is 1.92. The topological polar surface area (TPSA) is 50.2 Å². The lowest BCUT2D eigenvalue weighted by Gasteiger charge is -2.10. The average Bonchev–Trinajstić information content (AvgIpc) is 2.19. The third-order valence-electron chi connectivity index (χ3n) is 2.14. The van der Waals surface area contributed by atoms with Gasteiger partial charge < -0.3 is 5.11 Å². The third-order valence-corrected chi connectivity index (χ3v) is 2.74. The van der Waals surface area contributed by atoms with Crippen LogP contribution in [0.5, 0.6) is 0 Å². The van der Waals surface area contributed by atoms with E-state index < -0.39 is 12.4 Å². The predicted octanol–water partition coefficient (Wildman–Crippen LogP) is 2.85. The van der Waals surface area contributed by atoms with Crippen LogP contribution in [0.3, 0.4) is 0 Å². The lowest BCUT2D eigenvalue weighted by Crippen LogP contribution is -2.08. The van der Waals surface area contributed by atoms with Crippen molar-refractivity contribution < 1.29 is 18.7 Å². The molecule has 0 spiro atoms. The molecule has 1 heterocycles. The van der Waals surface area contributed by atoms with Gasteiger partial charge in [-0.3, -0.25) is 9.78 Å². The molecule has 0 amide bonds. The van der Waals surface area contributed by atoms with Gasteiger partial charge in [-0.25, -0.2) is 8.78 Å². The highest BCUT2D eigenvalue weighted by Crippen LogP contribution is 2.23. The normalized spacial score (nSPS) is 10.8. The highest BCUT2D eigenvalue weighted by molar-refractivity contribution is 9.08. The summed E-state index contributed by atoms with van der Waals surface area (Å²) in [6, 6.07) is 1.24. The summed E-state index contributed by atoms with van der Waals surface area (Å²) in [6.45, 7) is 1.54. The summed E-state index contributed by atoms with van der Waals surface area (Å²) in [5, 5.41) is 9.03. The summed E-state index contributed by atoms with van der Waals surface area (Å²) in [7, 11) is 0. The van der Waals surface area contributed by atoms with Crippen LogP contribution >= 0.6 is 15.9 Å². The van der Waals surface area contributed by atoms with Crippen LogP contribution in [0, 0.1) is 6.92 Å². The van der Waals surface area contributed by atoms with Gasteiger partial charge >= 0.3 is 5.97 Å². The molecule has 0 aliphatic heterocycles. The Kier molecular flexibility index (Phi) is 4.35. The molecule has 0 unspecified atom stereocenters. The van der Waals surface area contributed by atoms with Gasteiger partial charge in [-0.15, -0.1) is 0 Å². The molecule has 1 aromatic heterocycles. The van der Waals surface area contributed by atoms with Crippen LogP contribution in [-0.2, 0) is 16.5 Å². The lowest BCUT2D eigenvalue weighted by molar-refractivity contribution is -0.136. The predicted molar refractivity (Wildman–Crippen MR) is 57.9 cm³/mol. The van der Waals surface area contributed by atoms with E-state index in [9.17, 15) is 13.6 Å². The molecule has 0 bridgehead atoms. The number of nitrogens with zero attached hydrogens (tertiary/aromatic N) is 1. The van der Waals surface area contributed by atoms with Crippen molar-refractivity contribution in [1.29, 1.82) is 0 Å². The lowest BCUT2D eigenvalue weighted by atomic mass is 10.0. The Bertz CT molecular complexity index is 410. The van der Waals surface area contributed by atoms with Crippen molar-refractivity contribution in [2.24, 2.45) is 0 Å². The number of alkyl halides is 3. The maximum atomic E-state index is 12.5. The number of aromatic nitrogens is 1. The second-order valence-electron chi connectivity index (χ2n) is 3.28. The van der Waals surface area contributed by atoms with E-state index in [1.54, 1.807) is 0 Å². The highest BCUT2D eigenvalue weighted by Gasteiger charge is 2.16. The van der Waals surface area contributed by atoms with Crippen molar-refractivity contribution in [3.05, 3.63) is 28.6 Å². The molecule has 88 valence electrons. The standard InChI is InChI=1S/C10H10BrF2NO2/c1-5-7(3-9(15)16)6(4-11)2-8(14-5)10(12)13/h2,10H,3-4H2,1H3,(H,15,16). The van der Waals surface area contributed by atoms with Crippen LogP contribution in [0.4, 0.5) is 8.78 Å². The van der Waals surface area contributed by atoms with Gasteiger partial charge in [0.2, 0.25) is 0 Å². The number of carbonyl (C=O) groups is 1. The van der Waals surface area contributed by atoms with Crippen LogP contribution in [0.25, 0.3) is 0 Å². The summed E-state index contributed by atoms with van der Waals surface area (Å²) >= 11 is 3.15. The van der Waals surface area contributed by atoms with Crippen molar-refractivity contribution in [3.63, 3.8) is 0 Å². The van der Waals surface area contributed by atoms with Gasteiger partial charge in [0.25, 0.3) is 6.43 Å². The maximum absolute atomic E-state index is 12.5. The number of rotatable bonds is 4. The number of carboxylic acid groups (broad SMARTS) is 1. The Morgan fingerprint density at radius 3 is 2.69 bits per heavy atom. The molecule has 3 nitrogen and oxygen atoms in total. The van der Waals surface area contributed by atoms with Gasteiger partial charge in [-0.05, 0) is 24.1 Å². The SMILES string of the molecule is Cc1nc(C(F)F)cc(CBr)c1CC(=O)O. The summed E-state index contributed by atoms with van der Waals surface area (Å²) in [5.41, 5.74) is 1.06. The molecule has 0 aromatic carbocycles. The molecule has 0 radical (unpaired) electrons. The van der Waals surface area contributed by atoms with Gasteiger partial charge in [0.15, 0.2) is 0 Å². The monoisotopic (exact) mass is 293 g/mol. The summed E-state index contributed by atoms with van der Waals surface area (Å²) in [6.07, 6.45) is -2.85. The van der Waals surface area contributed by atoms with Crippen molar-refractivity contribution >= 4 is 21.9 Å². The molecule has 0 saturated carbocycles. The zero-order chi connectivity index (χ0) is 12.3. The van der Waals surface area contributed by atoms with Gasteiger partial charge in [-0.1, -0.05) is 15.9 Å². The molecule has 1 rings (SSSR count). The Labute approximate surface area is 99.6 Å². The first-order chi connectivity index (χ1) is 7.45. The molecule has 0 fully saturated rings. The molecular formula is C10H10BrF2NO2. The summed E-state index contributed by atoms with van der Waals surface area (Å²) < 4.78 is 24.9. The van der Waals surface area contributed by atoms with E-state index in [1.165, 1.54) is 13.0 Å². The van der Waals surface area contributed by atoms with Crippen molar-refractivity contribution in [2.75, 3.05) is 0 Å². The Hall–Kier alpha value is -1.04. The van der Waals surface area contributed by atoms with Crippen molar-refractivity contribution in [1.82, 2.24) is 4.98 Å². The molecule has 16 heavy (non-hydrogen) atoms. The first kappa shape index (κ1) is 13.0. The van der Waals surface area contributed by atoms with Crippen LogP contribution in [0.2, 0.25) is 0 Å². The molecule has 0 atom stereocenters. The third kappa shape index (κ3) is 2.98. The second kappa shape index (κ2) is 5.34. The zero-order valence-electron chi connectivity index (χ0n) is 8.51. The van der Waals surface area contributed by atoms with Gasteiger partial charge in [0, 0.05) is 11.0 Å². The fourth-order valence-electron chi connectivity index (χ4n) is 1.42. The number of carboxylic acids is 1. The van der Waals surface area contributed by atoms with E-state index in [4.69, 9.17) is 5.11 Å². The number of aryl methyl sites for hydroxylation is 1. The fraction of sp³-hybridized carbons (Fsp3) is 0.400. The molecule has 1 aromatic rings. The van der Waals surface area contributed by atoms with Crippen molar-refractivity contribution in [2.45, 2.75) is 25.1 Å². The molecule has 1 N–H and O–H groups in total. The maximum Gasteiger partial charge on any atom is 0.307 e. The van der Waals surface area contributed by atoms with Gasteiger partial charge in [-0.2, -0.15) is 0 Å². The van der Waals surface area contributed by atoms with Crippen LogP contribution < -0.4 is 0 Å². The van der Waals surface area contributed by atoms with Crippen LogP contribution in [0.15, 0.2) is 6.07 Å². The van der Waals surface area contributed by atoms with Gasteiger partial charge in [0.05, 0.1) is 6.42 Å². The van der Waals surface area contributed by atoms with E-state index >= 15 is 0 Å². The summed E-state index contributed by atoms with van der Waals surface area (Å²) in [5.74, 6) is -1.00. The molecular weight excluding hydrogens is 284 g/mol. The minimum Gasteiger partial charge on any atom is -0.481 e. The average molecular weight is 294 g/mol. The van der Waals surface area contributed by atoms with E-state index in [0.29, 0.717) is 22.2 Å². The van der Waals surface area contributed by atoms with E-state index in [0.717, 1.165) is 0 Å². The smallest absolute Gasteiger partial charge is 0.307 e. The molecule has 0 aliphatic carbocycles. The second-order valence-corrected chi connectivity index (χ2v) is 3.84. The van der Waals surface area contributed by atoms with Gasteiger partial charge in [0.1, 0.15) is 5.69 Å². The zero-order valence-corrected chi connectivity index (χ0v) is 10.1. The number of aliphatic carboxylic acids is 1. The number of halogens is 3.